The number of nitrogens with two attached hydrogens (primary N) is 2. The Bertz CT molecular complexity index is 403. The van der Waals surface area contributed by atoms with Gasteiger partial charge < -0.3 is 16.8 Å². The third-order valence-electron chi connectivity index (χ3n) is 2.79. The molecule has 1 fully saturated rings. The van der Waals surface area contributed by atoms with Gasteiger partial charge in [-0.1, -0.05) is 6.92 Å². The van der Waals surface area contributed by atoms with Crippen molar-refractivity contribution in [3.8, 4) is 0 Å². The molecule has 0 aromatic heterocycles. The maximum absolute atomic E-state index is 10.9. The van der Waals surface area contributed by atoms with Gasteiger partial charge in [-0.05, 0) is 30.5 Å². The van der Waals surface area contributed by atoms with Crippen LogP contribution in [0.2, 0.25) is 0 Å². The van der Waals surface area contributed by atoms with Crippen LogP contribution in [-0.2, 0) is 0 Å². The number of anilines is 2. The molecule has 4 heteroatoms. The number of primary amides is 1. The topological polar surface area (TPSA) is 81.1 Å². The maximum Gasteiger partial charge on any atom is 0.248 e. The Morgan fingerprint density at radius 1 is 1.53 bits per heavy atom. The Balaban J connectivity index is 2.15. The lowest BCUT2D eigenvalue weighted by atomic mass is 10.1. The van der Waals surface area contributed by atoms with Crippen molar-refractivity contribution >= 4 is 17.3 Å². The molecule has 1 aliphatic rings. The number of nitrogens with one attached hydrogen (secondary N) is 1. The van der Waals surface area contributed by atoms with E-state index in [0.29, 0.717) is 23.2 Å². The molecule has 80 valence electrons. The van der Waals surface area contributed by atoms with Crippen molar-refractivity contribution in [2.75, 3.05) is 11.1 Å². The highest BCUT2D eigenvalue weighted by Crippen LogP contribution is 2.34. The van der Waals surface area contributed by atoms with Crippen molar-refractivity contribution in [2.24, 2.45) is 11.7 Å². The van der Waals surface area contributed by atoms with E-state index in [-0.39, 0.29) is 0 Å². The van der Waals surface area contributed by atoms with Gasteiger partial charge >= 0.3 is 0 Å². The molecule has 5 N–H and O–H groups in total. The average molecular weight is 205 g/mol. The van der Waals surface area contributed by atoms with E-state index in [1.165, 1.54) is 6.42 Å². The van der Waals surface area contributed by atoms with Crippen molar-refractivity contribution in [1.29, 1.82) is 0 Å². The summed E-state index contributed by atoms with van der Waals surface area (Å²) in [6.45, 7) is 2.19. The molecule has 0 heterocycles. The molecule has 1 amide bonds. The number of carbonyl (C=O) groups is 1. The summed E-state index contributed by atoms with van der Waals surface area (Å²) >= 11 is 0. The smallest absolute Gasteiger partial charge is 0.248 e. The van der Waals surface area contributed by atoms with Crippen LogP contribution in [-0.4, -0.2) is 11.9 Å². The molecule has 15 heavy (non-hydrogen) atoms. The molecular weight excluding hydrogens is 190 g/mol. The monoisotopic (exact) mass is 205 g/mol. The summed E-state index contributed by atoms with van der Waals surface area (Å²) in [6, 6.07) is 5.62. The van der Waals surface area contributed by atoms with Crippen LogP contribution in [0.4, 0.5) is 11.4 Å². The normalized spacial score (nSPS) is 23.5. The van der Waals surface area contributed by atoms with Crippen LogP contribution >= 0.6 is 0 Å². The molecule has 2 unspecified atom stereocenters. The molecule has 2 rings (SSSR count). The summed E-state index contributed by atoms with van der Waals surface area (Å²) in [6.07, 6.45) is 1.18. The van der Waals surface area contributed by atoms with Crippen LogP contribution in [0.5, 0.6) is 0 Å². The first-order valence-corrected chi connectivity index (χ1v) is 5.04. The molecule has 0 saturated heterocycles. The fourth-order valence-corrected chi connectivity index (χ4v) is 1.57. The first kappa shape index (κ1) is 9.83. The van der Waals surface area contributed by atoms with E-state index in [0.717, 1.165) is 5.69 Å². The largest absolute Gasteiger partial charge is 0.397 e. The Kier molecular flexibility index (Phi) is 2.26. The van der Waals surface area contributed by atoms with E-state index in [2.05, 4.69) is 12.2 Å². The van der Waals surface area contributed by atoms with Crippen molar-refractivity contribution < 1.29 is 4.79 Å². The molecule has 0 aliphatic heterocycles. The summed E-state index contributed by atoms with van der Waals surface area (Å²) in [7, 11) is 0. The third-order valence-corrected chi connectivity index (χ3v) is 2.79. The standard InChI is InChI=1S/C11H15N3O/c1-6-4-10(6)14-9-3-2-7(11(13)15)5-8(9)12/h2-3,5-6,10,14H,4,12H2,1H3,(H2,13,15). The number of carbonyl (C=O) groups excluding carboxylic acids is 1. The second-order valence-corrected chi connectivity index (χ2v) is 4.13. The second-order valence-electron chi connectivity index (χ2n) is 4.13. The van der Waals surface area contributed by atoms with Gasteiger partial charge in [-0.15, -0.1) is 0 Å². The fourth-order valence-electron chi connectivity index (χ4n) is 1.57. The van der Waals surface area contributed by atoms with Gasteiger partial charge in [-0.25, -0.2) is 0 Å². The zero-order chi connectivity index (χ0) is 11.0. The van der Waals surface area contributed by atoms with Gasteiger partial charge in [0.15, 0.2) is 0 Å². The lowest BCUT2D eigenvalue weighted by Crippen LogP contribution is -2.12. The van der Waals surface area contributed by atoms with Crippen LogP contribution in [0, 0.1) is 5.92 Å². The number of nitrogen functional groups attached to an aromatic ring is 1. The minimum absolute atomic E-state index is 0.446. The van der Waals surface area contributed by atoms with E-state index in [1.807, 2.05) is 0 Å². The van der Waals surface area contributed by atoms with Crippen LogP contribution in [0.1, 0.15) is 23.7 Å². The SMILES string of the molecule is CC1CC1Nc1ccc(C(N)=O)cc1N. The first-order valence-electron chi connectivity index (χ1n) is 5.04. The van der Waals surface area contributed by atoms with Crippen molar-refractivity contribution in [1.82, 2.24) is 0 Å². The Labute approximate surface area is 88.6 Å². The maximum atomic E-state index is 10.9. The van der Waals surface area contributed by atoms with E-state index in [9.17, 15) is 4.79 Å². The van der Waals surface area contributed by atoms with Gasteiger partial charge in [0, 0.05) is 11.6 Å². The zero-order valence-electron chi connectivity index (χ0n) is 8.66. The summed E-state index contributed by atoms with van der Waals surface area (Å²) in [5, 5.41) is 3.32. The molecule has 1 aliphatic carbocycles. The number of amides is 1. The average Bonchev–Trinajstić information content (AvgIpc) is 2.85. The third kappa shape index (κ3) is 2.03. The van der Waals surface area contributed by atoms with E-state index in [4.69, 9.17) is 11.5 Å². The predicted molar refractivity (Wildman–Crippen MR) is 60.6 cm³/mol. The lowest BCUT2D eigenvalue weighted by Gasteiger charge is -2.09. The minimum Gasteiger partial charge on any atom is -0.397 e. The summed E-state index contributed by atoms with van der Waals surface area (Å²) in [4.78, 5) is 10.9. The molecule has 0 bridgehead atoms. The van der Waals surface area contributed by atoms with Crippen LogP contribution < -0.4 is 16.8 Å². The van der Waals surface area contributed by atoms with E-state index in [1.54, 1.807) is 18.2 Å². The second kappa shape index (κ2) is 3.46. The van der Waals surface area contributed by atoms with Crippen molar-refractivity contribution in [3.63, 3.8) is 0 Å². The fraction of sp³-hybridized carbons (Fsp3) is 0.364. The van der Waals surface area contributed by atoms with Crippen LogP contribution in [0.15, 0.2) is 18.2 Å². The number of benzene rings is 1. The summed E-state index contributed by atoms with van der Waals surface area (Å²) < 4.78 is 0. The molecule has 0 spiro atoms. The molecule has 2 atom stereocenters. The Hall–Kier alpha value is -1.71. The van der Waals surface area contributed by atoms with Gasteiger partial charge in [-0.2, -0.15) is 0 Å². The Morgan fingerprint density at radius 2 is 2.20 bits per heavy atom. The minimum atomic E-state index is -0.451. The molecule has 1 saturated carbocycles. The van der Waals surface area contributed by atoms with Gasteiger partial charge in [0.2, 0.25) is 5.91 Å². The van der Waals surface area contributed by atoms with Gasteiger partial charge in [0.25, 0.3) is 0 Å². The molecule has 0 radical (unpaired) electrons. The zero-order valence-corrected chi connectivity index (χ0v) is 8.66. The molecular formula is C11H15N3O. The van der Waals surface area contributed by atoms with Crippen LogP contribution in [0.25, 0.3) is 0 Å². The highest BCUT2D eigenvalue weighted by atomic mass is 16.1. The molecule has 1 aromatic rings. The number of hydrogen-bond donors (Lipinski definition) is 3. The highest BCUT2D eigenvalue weighted by Gasteiger charge is 2.32. The van der Waals surface area contributed by atoms with Crippen LogP contribution in [0.3, 0.4) is 0 Å². The lowest BCUT2D eigenvalue weighted by molar-refractivity contribution is 0.100. The predicted octanol–water partition coefficient (Wildman–Crippen LogP) is 1.19. The van der Waals surface area contributed by atoms with Crippen molar-refractivity contribution in [3.05, 3.63) is 23.8 Å². The van der Waals surface area contributed by atoms with E-state index >= 15 is 0 Å². The highest BCUT2D eigenvalue weighted by molar-refractivity contribution is 5.94. The molecule has 4 nitrogen and oxygen atoms in total. The quantitative estimate of drug-likeness (QED) is 0.648. The van der Waals surface area contributed by atoms with Gasteiger partial charge in [0.1, 0.15) is 0 Å². The van der Waals surface area contributed by atoms with Crippen molar-refractivity contribution in [2.45, 2.75) is 19.4 Å². The van der Waals surface area contributed by atoms with Gasteiger partial charge in [-0.3, -0.25) is 4.79 Å². The number of hydrogen-bond acceptors (Lipinski definition) is 3. The molecule has 1 aromatic carbocycles. The number of rotatable bonds is 3. The first-order chi connectivity index (χ1) is 7.08. The Morgan fingerprint density at radius 3 is 2.67 bits per heavy atom. The summed E-state index contributed by atoms with van der Waals surface area (Å²) in [5.74, 6) is 0.258. The van der Waals surface area contributed by atoms with Gasteiger partial charge in [0.05, 0.1) is 11.4 Å². The van der Waals surface area contributed by atoms with E-state index < -0.39 is 5.91 Å². The summed E-state index contributed by atoms with van der Waals surface area (Å²) in [5.41, 5.74) is 12.9.